The zero-order valence-electron chi connectivity index (χ0n) is 19.7. The molecule has 2 aromatic heterocycles. The van der Waals surface area contributed by atoms with Gasteiger partial charge in [0.05, 0.1) is 36.9 Å². The molecule has 8 nitrogen and oxygen atoms in total. The Hall–Kier alpha value is -3.16. The molecule has 0 aliphatic rings. The summed E-state index contributed by atoms with van der Waals surface area (Å²) in [7, 11) is -3.61. The summed E-state index contributed by atoms with van der Waals surface area (Å²) in [6.07, 6.45) is -0.643. The maximum absolute atomic E-state index is 13.7. The van der Waals surface area contributed by atoms with Gasteiger partial charge in [-0.15, -0.1) is 0 Å². The number of sulfonamides is 1. The number of hydrogen-bond acceptors (Lipinski definition) is 6. The average molecular weight is 620 g/mol. The van der Waals surface area contributed by atoms with E-state index in [2.05, 4.69) is 10.1 Å². The van der Waals surface area contributed by atoms with E-state index >= 15 is 0 Å². The molecule has 0 unspecified atom stereocenters. The quantitative estimate of drug-likeness (QED) is 0.170. The molecule has 204 valence electrons. The van der Waals surface area contributed by atoms with Crippen molar-refractivity contribution in [3.05, 3.63) is 99.0 Å². The molecule has 0 saturated heterocycles. The smallest absolute Gasteiger partial charge is 0.363 e. The van der Waals surface area contributed by atoms with Gasteiger partial charge < -0.3 is 4.74 Å². The summed E-state index contributed by atoms with van der Waals surface area (Å²) in [5, 5.41) is 3.40. The highest BCUT2D eigenvalue weighted by atomic mass is 35.5. The third-order valence-corrected chi connectivity index (χ3v) is 7.96. The highest BCUT2D eigenvalue weighted by molar-refractivity contribution is 7.92. The van der Waals surface area contributed by atoms with Gasteiger partial charge >= 0.3 is 6.18 Å². The lowest BCUT2D eigenvalue weighted by atomic mass is 10.1. The van der Waals surface area contributed by atoms with Crippen LogP contribution in [0, 0.1) is 0 Å². The summed E-state index contributed by atoms with van der Waals surface area (Å²) in [5.74, 6) is -0.788. The van der Waals surface area contributed by atoms with Gasteiger partial charge in [-0.25, -0.2) is 22.4 Å². The van der Waals surface area contributed by atoms with Gasteiger partial charge in [0.25, 0.3) is 10.0 Å². The van der Waals surface area contributed by atoms with E-state index in [0.717, 1.165) is 31.5 Å². The molecule has 0 bridgehead atoms. The van der Waals surface area contributed by atoms with E-state index in [9.17, 15) is 26.4 Å². The highest BCUT2D eigenvalue weighted by Gasteiger charge is 2.36. The topological polar surface area (TPSA) is 94.4 Å². The van der Waals surface area contributed by atoms with Crippen LogP contribution in [0.2, 0.25) is 15.1 Å². The number of carbonyl (C=O) groups is 1. The number of ether oxygens (including phenoxy) is 1. The fourth-order valence-electron chi connectivity index (χ4n) is 3.57. The number of ketones is 1. The predicted molar refractivity (Wildman–Crippen MR) is 139 cm³/mol. The second kappa shape index (κ2) is 11.1. The molecular formula is C24H16Cl3F3N4O4S. The maximum Gasteiger partial charge on any atom is 0.417 e. The number of methoxy groups -OCH3 is 1. The molecule has 4 rings (SSSR count). The first-order valence-corrected chi connectivity index (χ1v) is 13.3. The van der Waals surface area contributed by atoms with Crippen molar-refractivity contribution in [2.45, 2.75) is 11.1 Å². The molecule has 15 heteroatoms. The van der Waals surface area contributed by atoms with Crippen molar-refractivity contribution < 1.29 is 31.1 Å². The van der Waals surface area contributed by atoms with Gasteiger partial charge in [-0.2, -0.15) is 18.3 Å². The van der Waals surface area contributed by atoms with E-state index in [4.69, 9.17) is 39.5 Å². The molecule has 0 spiro atoms. The van der Waals surface area contributed by atoms with Crippen LogP contribution in [0.5, 0.6) is 0 Å². The Morgan fingerprint density at radius 2 is 1.79 bits per heavy atom. The Bertz CT molecular complexity index is 1650. The van der Waals surface area contributed by atoms with Crippen molar-refractivity contribution >= 4 is 56.3 Å². The molecule has 2 aromatic carbocycles. The van der Waals surface area contributed by atoms with Crippen LogP contribution < -0.4 is 4.31 Å². The number of benzene rings is 2. The summed E-state index contributed by atoms with van der Waals surface area (Å²) >= 11 is 18.1. The van der Waals surface area contributed by atoms with E-state index in [-0.39, 0.29) is 21.3 Å². The largest absolute Gasteiger partial charge is 0.417 e. The molecular weight excluding hydrogens is 604 g/mol. The molecule has 4 aromatic rings. The van der Waals surface area contributed by atoms with E-state index in [1.54, 1.807) is 18.3 Å². The van der Waals surface area contributed by atoms with Crippen LogP contribution in [0.25, 0.3) is 5.69 Å². The fourth-order valence-corrected chi connectivity index (χ4v) is 5.55. The van der Waals surface area contributed by atoms with Crippen LogP contribution in [-0.2, 0) is 20.9 Å². The van der Waals surface area contributed by atoms with Gasteiger partial charge in [0, 0.05) is 31.3 Å². The van der Waals surface area contributed by atoms with Crippen molar-refractivity contribution in [1.29, 1.82) is 0 Å². The van der Waals surface area contributed by atoms with Gasteiger partial charge in [0.2, 0.25) is 5.78 Å². The number of aromatic nitrogens is 3. The van der Waals surface area contributed by atoms with Gasteiger partial charge in [-0.3, -0.25) is 4.79 Å². The lowest BCUT2D eigenvalue weighted by Crippen LogP contribution is -2.34. The van der Waals surface area contributed by atoms with Gasteiger partial charge in [0.15, 0.2) is 0 Å². The molecule has 0 fully saturated rings. The van der Waals surface area contributed by atoms with Crippen molar-refractivity contribution in [1.82, 2.24) is 14.8 Å². The Kier molecular flexibility index (Phi) is 8.24. The van der Waals surface area contributed by atoms with E-state index < -0.39 is 49.9 Å². The number of hydrogen-bond donors (Lipinski definition) is 0. The Labute approximate surface area is 235 Å². The van der Waals surface area contributed by atoms with Crippen LogP contribution in [0.1, 0.15) is 21.6 Å². The Morgan fingerprint density at radius 3 is 2.44 bits per heavy atom. The summed E-state index contributed by atoms with van der Waals surface area (Å²) in [6.45, 7) is -0.699. The van der Waals surface area contributed by atoms with Crippen LogP contribution in [0.15, 0.2) is 72.0 Å². The first-order valence-electron chi connectivity index (χ1n) is 10.7. The van der Waals surface area contributed by atoms with Crippen molar-refractivity contribution in [3.8, 4) is 5.69 Å². The Balaban J connectivity index is 1.87. The van der Waals surface area contributed by atoms with Crippen LogP contribution in [0.3, 0.4) is 0 Å². The SMILES string of the molecule is COCN(c1cc(Cl)cnc1C(=O)c1cc(-n2cccn2)ccc1Cl)S(=O)(=O)c1ccc(Cl)c(C(F)(F)F)c1. The van der Waals surface area contributed by atoms with Crippen LogP contribution in [-0.4, -0.2) is 42.8 Å². The molecule has 0 saturated carbocycles. The molecule has 0 aliphatic heterocycles. The summed E-state index contributed by atoms with van der Waals surface area (Å²) in [5.41, 5.74) is -1.67. The van der Waals surface area contributed by atoms with E-state index in [1.165, 1.54) is 23.0 Å². The summed E-state index contributed by atoms with van der Waals surface area (Å²) < 4.78 is 74.7. The first kappa shape index (κ1) is 28.8. The number of rotatable bonds is 8. The number of carbonyl (C=O) groups excluding carboxylic acids is 1. The third-order valence-electron chi connectivity index (χ3n) is 5.36. The number of anilines is 1. The molecule has 0 radical (unpaired) electrons. The molecule has 0 aliphatic carbocycles. The van der Waals surface area contributed by atoms with Gasteiger partial charge in [0.1, 0.15) is 12.4 Å². The zero-order valence-corrected chi connectivity index (χ0v) is 22.7. The van der Waals surface area contributed by atoms with Gasteiger partial charge in [-0.05, 0) is 48.5 Å². The molecule has 0 atom stereocenters. The number of pyridine rings is 1. The fraction of sp³-hybridized carbons (Fsp3) is 0.125. The predicted octanol–water partition coefficient (Wildman–Crippen LogP) is 6.28. The number of alkyl halides is 3. The lowest BCUT2D eigenvalue weighted by Gasteiger charge is -2.25. The number of nitrogens with zero attached hydrogens (tertiary/aromatic N) is 4. The molecule has 39 heavy (non-hydrogen) atoms. The maximum atomic E-state index is 13.7. The minimum atomic E-state index is -4.93. The molecule has 2 heterocycles. The first-order chi connectivity index (χ1) is 18.3. The van der Waals surface area contributed by atoms with Crippen LogP contribution in [0.4, 0.5) is 18.9 Å². The zero-order chi connectivity index (χ0) is 28.5. The van der Waals surface area contributed by atoms with Gasteiger partial charge in [-0.1, -0.05) is 34.8 Å². The van der Waals surface area contributed by atoms with E-state index in [1.807, 2.05) is 0 Å². The van der Waals surface area contributed by atoms with E-state index in [0.29, 0.717) is 16.1 Å². The normalized spacial score (nSPS) is 12.0. The monoisotopic (exact) mass is 618 g/mol. The minimum Gasteiger partial charge on any atom is -0.363 e. The third kappa shape index (κ3) is 5.89. The molecule has 0 N–H and O–H groups in total. The second-order valence-corrected chi connectivity index (χ2v) is 11.0. The minimum absolute atomic E-state index is 0.0345. The Morgan fingerprint density at radius 1 is 1.08 bits per heavy atom. The summed E-state index contributed by atoms with van der Waals surface area (Å²) in [6, 6.07) is 9.41. The van der Waals surface area contributed by atoms with Crippen molar-refractivity contribution in [3.63, 3.8) is 0 Å². The standard InChI is InChI=1S/C24H16Cl3F3N4O4S/c1-38-13-34(39(36,37)16-4-6-20(27)18(11-16)24(28,29)30)21-9-14(25)12-31-22(21)23(35)17-10-15(3-5-19(17)26)33-8-2-7-32-33/h2-12H,13H2,1H3. The summed E-state index contributed by atoms with van der Waals surface area (Å²) in [4.78, 5) is 17.0. The molecule has 0 amide bonds. The van der Waals surface area contributed by atoms with Crippen molar-refractivity contribution in [2.75, 3.05) is 18.1 Å². The highest BCUT2D eigenvalue weighted by Crippen LogP contribution is 2.38. The second-order valence-electron chi connectivity index (χ2n) is 7.88. The van der Waals surface area contributed by atoms with Crippen molar-refractivity contribution in [2.24, 2.45) is 0 Å². The average Bonchev–Trinajstić information content (AvgIpc) is 3.41. The number of halogens is 6. The lowest BCUT2D eigenvalue weighted by molar-refractivity contribution is -0.137. The van der Waals surface area contributed by atoms with Crippen LogP contribution >= 0.6 is 34.8 Å².